The first-order valence-corrected chi connectivity index (χ1v) is 4.22. The van der Waals surface area contributed by atoms with Gasteiger partial charge in [-0.3, -0.25) is 0 Å². The first-order chi connectivity index (χ1) is 6.09. The zero-order chi connectivity index (χ0) is 9.84. The van der Waals surface area contributed by atoms with Gasteiger partial charge in [0, 0.05) is 0 Å². The Bertz CT molecular complexity index is 324. The van der Waals surface area contributed by atoms with Gasteiger partial charge in [-0.25, -0.2) is 4.79 Å². The Balaban J connectivity index is 2.68. The van der Waals surface area contributed by atoms with Gasteiger partial charge in [-0.15, -0.1) is 0 Å². The quantitative estimate of drug-likeness (QED) is 0.851. The molecule has 70 valence electrons. The Kier molecular flexibility index (Phi) is 3.13. The van der Waals surface area contributed by atoms with Crippen LogP contribution in [0.4, 0.5) is 0 Å². The summed E-state index contributed by atoms with van der Waals surface area (Å²) in [6, 6.07) is 4.41. The Morgan fingerprint density at radius 3 is 2.77 bits per heavy atom. The van der Waals surface area contributed by atoms with Crippen LogP contribution in [-0.2, 0) is 4.79 Å². The molecular formula is C8H7BrO4. The molecule has 2 N–H and O–H groups in total. The average Bonchev–Trinajstić information content (AvgIpc) is 2.07. The topological polar surface area (TPSA) is 66.8 Å². The lowest BCUT2D eigenvalue weighted by Crippen LogP contribution is -2.09. The largest absolute Gasteiger partial charge is 0.507 e. The number of ether oxygens (including phenoxy) is 1. The number of hydrogen-bond acceptors (Lipinski definition) is 3. The van der Waals surface area contributed by atoms with Crippen molar-refractivity contribution >= 4 is 21.9 Å². The van der Waals surface area contributed by atoms with Crippen molar-refractivity contribution < 1.29 is 19.7 Å². The van der Waals surface area contributed by atoms with E-state index in [4.69, 9.17) is 14.9 Å². The van der Waals surface area contributed by atoms with E-state index in [1.165, 1.54) is 18.2 Å². The van der Waals surface area contributed by atoms with E-state index >= 15 is 0 Å². The Hall–Kier alpha value is -1.23. The lowest BCUT2D eigenvalue weighted by molar-refractivity contribution is -0.139. The van der Waals surface area contributed by atoms with E-state index in [1.807, 2.05) is 0 Å². The van der Waals surface area contributed by atoms with E-state index in [-0.39, 0.29) is 5.75 Å². The average molecular weight is 247 g/mol. The van der Waals surface area contributed by atoms with Gasteiger partial charge in [-0.1, -0.05) is 0 Å². The molecule has 0 bridgehead atoms. The Morgan fingerprint density at radius 2 is 2.23 bits per heavy atom. The van der Waals surface area contributed by atoms with E-state index in [0.717, 1.165) is 0 Å². The van der Waals surface area contributed by atoms with Crippen LogP contribution < -0.4 is 4.74 Å². The first kappa shape index (κ1) is 9.85. The molecule has 0 saturated carbocycles. The van der Waals surface area contributed by atoms with Crippen molar-refractivity contribution in [2.24, 2.45) is 0 Å². The van der Waals surface area contributed by atoms with Crippen LogP contribution in [0.25, 0.3) is 0 Å². The zero-order valence-electron chi connectivity index (χ0n) is 6.53. The predicted octanol–water partition coefficient (Wildman–Crippen LogP) is 1.62. The van der Waals surface area contributed by atoms with Crippen LogP contribution >= 0.6 is 15.9 Å². The van der Waals surface area contributed by atoms with Gasteiger partial charge in [-0.05, 0) is 34.1 Å². The summed E-state index contributed by atoms with van der Waals surface area (Å²) >= 11 is 3.08. The minimum atomic E-state index is -1.04. The van der Waals surface area contributed by atoms with Gasteiger partial charge in [0.15, 0.2) is 6.61 Å². The highest BCUT2D eigenvalue weighted by molar-refractivity contribution is 9.10. The second kappa shape index (κ2) is 4.13. The molecule has 0 atom stereocenters. The molecule has 0 fully saturated rings. The Morgan fingerprint density at radius 1 is 1.54 bits per heavy atom. The number of benzene rings is 1. The molecule has 0 saturated heterocycles. The number of carboxylic acid groups (broad SMARTS) is 1. The number of aromatic hydroxyl groups is 1. The van der Waals surface area contributed by atoms with Crippen LogP contribution in [0.1, 0.15) is 0 Å². The molecule has 1 rings (SSSR count). The highest BCUT2D eigenvalue weighted by Crippen LogP contribution is 2.27. The van der Waals surface area contributed by atoms with E-state index in [1.54, 1.807) is 0 Å². The molecule has 0 aliphatic carbocycles. The minimum Gasteiger partial charge on any atom is -0.507 e. The normalized spacial score (nSPS) is 9.62. The molecule has 5 heteroatoms. The summed E-state index contributed by atoms with van der Waals surface area (Å²) < 4.78 is 5.33. The summed E-state index contributed by atoms with van der Waals surface area (Å²) in [5, 5.41) is 17.4. The number of phenolic OH excluding ortho intramolecular Hbond substituents is 1. The Labute approximate surface area is 82.9 Å². The van der Waals surface area contributed by atoms with E-state index in [0.29, 0.717) is 10.2 Å². The van der Waals surface area contributed by atoms with Crippen LogP contribution in [0.2, 0.25) is 0 Å². The summed E-state index contributed by atoms with van der Waals surface area (Å²) in [7, 11) is 0. The van der Waals surface area contributed by atoms with Crippen molar-refractivity contribution in [3.8, 4) is 11.5 Å². The van der Waals surface area contributed by atoms with Crippen LogP contribution in [0.3, 0.4) is 0 Å². The lowest BCUT2D eigenvalue weighted by Gasteiger charge is -2.03. The van der Waals surface area contributed by atoms with Gasteiger partial charge in [0.05, 0.1) is 4.47 Å². The van der Waals surface area contributed by atoms with E-state index < -0.39 is 12.6 Å². The summed E-state index contributed by atoms with van der Waals surface area (Å²) in [5.74, 6) is -0.557. The van der Waals surface area contributed by atoms with Gasteiger partial charge in [-0.2, -0.15) is 0 Å². The van der Waals surface area contributed by atoms with Crippen molar-refractivity contribution in [1.82, 2.24) is 0 Å². The standard InChI is InChI=1S/C8H7BrO4/c9-6-3-5(1-2-7(6)10)13-4-8(11)12/h1-3,10H,4H2,(H,11,12). The smallest absolute Gasteiger partial charge is 0.341 e. The fourth-order valence-electron chi connectivity index (χ4n) is 0.722. The SMILES string of the molecule is O=C(O)COc1ccc(O)c(Br)c1. The number of carbonyl (C=O) groups is 1. The van der Waals surface area contributed by atoms with Gasteiger partial charge < -0.3 is 14.9 Å². The molecule has 0 radical (unpaired) electrons. The number of halogens is 1. The third-order valence-electron chi connectivity index (χ3n) is 1.28. The van der Waals surface area contributed by atoms with Crippen molar-refractivity contribution in [2.75, 3.05) is 6.61 Å². The third kappa shape index (κ3) is 2.95. The van der Waals surface area contributed by atoms with Crippen molar-refractivity contribution in [1.29, 1.82) is 0 Å². The molecule has 0 unspecified atom stereocenters. The molecule has 4 nitrogen and oxygen atoms in total. The molecule has 1 aromatic rings. The molecule has 1 aromatic carbocycles. The van der Waals surface area contributed by atoms with Crippen LogP contribution in [-0.4, -0.2) is 22.8 Å². The molecule has 0 amide bonds. The molecular weight excluding hydrogens is 240 g/mol. The summed E-state index contributed by atoms with van der Waals surface area (Å²) in [6.45, 7) is -0.392. The summed E-state index contributed by atoms with van der Waals surface area (Å²) in [6.07, 6.45) is 0. The number of carboxylic acids is 1. The van der Waals surface area contributed by atoms with E-state index in [2.05, 4.69) is 15.9 Å². The van der Waals surface area contributed by atoms with E-state index in [9.17, 15) is 4.79 Å². The van der Waals surface area contributed by atoms with Crippen molar-refractivity contribution in [2.45, 2.75) is 0 Å². The minimum absolute atomic E-state index is 0.0858. The molecule has 13 heavy (non-hydrogen) atoms. The van der Waals surface area contributed by atoms with Crippen LogP contribution in [0.15, 0.2) is 22.7 Å². The van der Waals surface area contributed by atoms with Gasteiger partial charge in [0.1, 0.15) is 11.5 Å². The summed E-state index contributed by atoms with van der Waals surface area (Å²) in [5.41, 5.74) is 0. The second-order valence-electron chi connectivity index (χ2n) is 2.30. The molecule has 0 aromatic heterocycles. The fraction of sp³-hybridized carbons (Fsp3) is 0.125. The predicted molar refractivity (Wildman–Crippen MR) is 48.9 cm³/mol. The number of aliphatic carboxylic acids is 1. The maximum atomic E-state index is 10.1. The zero-order valence-corrected chi connectivity index (χ0v) is 8.11. The van der Waals surface area contributed by atoms with Crippen molar-refractivity contribution in [3.05, 3.63) is 22.7 Å². The monoisotopic (exact) mass is 246 g/mol. The molecule has 0 aliphatic rings. The fourth-order valence-corrected chi connectivity index (χ4v) is 1.08. The van der Waals surface area contributed by atoms with Gasteiger partial charge >= 0.3 is 5.97 Å². The highest BCUT2D eigenvalue weighted by Gasteiger charge is 2.02. The van der Waals surface area contributed by atoms with Gasteiger partial charge in [0.2, 0.25) is 0 Å². The first-order valence-electron chi connectivity index (χ1n) is 3.42. The maximum absolute atomic E-state index is 10.1. The third-order valence-corrected chi connectivity index (χ3v) is 1.92. The molecule has 0 spiro atoms. The van der Waals surface area contributed by atoms with Crippen molar-refractivity contribution in [3.63, 3.8) is 0 Å². The summed E-state index contributed by atoms with van der Waals surface area (Å²) in [4.78, 5) is 10.1. The molecule has 0 aliphatic heterocycles. The van der Waals surface area contributed by atoms with Gasteiger partial charge in [0.25, 0.3) is 0 Å². The number of hydrogen-bond donors (Lipinski definition) is 2. The molecule has 0 heterocycles. The van der Waals surface area contributed by atoms with Crippen LogP contribution in [0, 0.1) is 0 Å². The number of phenols is 1. The number of rotatable bonds is 3. The lowest BCUT2D eigenvalue weighted by atomic mass is 10.3. The van der Waals surface area contributed by atoms with Crippen LogP contribution in [0.5, 0.6) is 11.5 Å². The highest BCUT2D eigenvalue weighted by atomic mass is 79.9. The second-order valence-corrected chi connectivity index (χ2v) is 3.15. The maximum Gasteiger partial charge on any atom is 0.341 e.